The third kappa shape index (κ3) is 3.83. The molecule has 7 heteroatoms. The van der Waals surface area contributed by atoms with Crippen molar-refractivity contribution >= 4 is 33.4 Å². The van der Waals surface area contributed by atoms with Crippen molar-refractivity contribution in [3.05, 3.63) is 45.3 Å². The molecule has 5 nitrogen and oxygen atoms in total. The number of amides is 1. The maximum Gasteiger partial charge on any atom is 0.274 e. The van der Waals surface area contributed by atoms with E-state index in [1.807, 2.05) is 13.8 Å². The molecule has 0 N–H and O–H groups in total. The fraction of sp³-hybridized carbons (Fsp3) is 0.357. The highest BCUT2D eigenvalue weighted by Crippen LogP contribution is 2.20. The summed E-state index contributed by atoms with van der Waals surface area (Å²) in [5.74, 6) is 1.13. The second kappa shape index (κ2) is 6.58. The molecule has 0 atom stereocenters. The molecule has 0 aliphatic heterocycles. The summed E-state index contributed by atoms with van der Waals surface area (Å²) < 4.78 is 6.01. The summed E-state index contributed by atoms with van der Waals surface area (Å²) in [5, 5.41) is 0.247. The van der Waals surface area contributed by atoms with E-state index in [0.29, 0.717) is 22.8 Å². The van der Waals surface area contributed by atoms with E-state index in [4.69, 9.17) is 16.0 Å². The van der Waals surface area contributed by atoms with E-state index in [1.165, 1.54) is 11.1 Å². The summed E-state index contributed by atoms with van der Waals surface area (Å²) in [4.78, 5) is 22.3. The SMILES string of the molecule is CC(C)c1ncc(Cl)c(C(=O)N(C)Cc2ccc(Br)o2)n1. The number of hydrogen-bond donors (Lipinski definition) is 0. The van der Waals surface area contributed by atoms with Crippen LogP contribution in [0.3, 0.4) is 0 Å². The lowest BCUT2D eigenvalue weighted by atomic mass is 10.2. The fourth-order valence-corrected chi connectivity index (χ4v) is 2.24. The highest BCUT2D eigenvalue weighted by atomic mass is 79.9. The lowest BCUT2D eigenvalue weighted by molar-refractivity contribution is 0.0769. The minimum atomic E-state index is -0.267. The third-order valence-corrected chi connectivity index (χ3v) is 3.55. The topological polar surface area (TPSA) is 59.2 Å². The van der Waals surface area contributed by atoms with E-state index in [1.54, 1.807) is 19.2 Å². The van der Waals surface area contributed by atoms with Gasteiger partial charge in [0.1, 0.15) is 11.6 Å². The predicted molar refractivity (Wildman–Crippen MR) is 83.3 cm³/mol. The second-order valence-electron chi connectivity index (χ2n) is 4.95. The van der Waals surface area contributed by atoms with Crippen LogP contribution in [0.1, 0.15) is 41.8 Å². The Bertz CT molecular complexity index is 657. The van der Waals surface area contributed by atoms with Crippen LogP contribution in [-0.4, -0.2) is 27.8 Å². The van der Waals surface area contributed by atoms with Gasteiger partial charge in [0.15, 0.2) is 10.4 Å². The average molecular weight is 373 g/mol. The molecule has 2 aromatic heterocycles. The Morgan fingerprint density at radius 2 is 2.19 bits per heavy atom. The van der Waals surface area contributed by atoms with Gasteiger partial charge in [-0.25, -0.2) is 9.97 Å². The number of carbonyl (C=O) groups excluding carboxylic acids is 1. The molecule has 0 bridgehead atoms. The minimum absolute atomic E-state index is 0.125. The standard InChI is InChI=1S/C14H15BrClN3O2/c1-8(2)13-17-6-10(16)12(18-13)14(20)19(3)7-9-4-5-11(15)21-9/h4-6,8H,7H2,1-3H3. The first kappa shape index (κ1) is 16.0. The molecule has 21 heavy (non-hydrogen) atoms. The van der Waals surface area contributed by atoms with Crippen molar-refractivity contribution in [2.24, 2.45) is 0 Å². The predicted octanol–water partition coefficient (Wildman–Crippen LogP) is 3.88. The molecule has 0 aromatic carbocycles. The number of rotatable bonds is 4. The molecule has 0 aliphatic carbocycles. The molecule has 0 unspecified atom stereocenters. The van der Waals surface area contributed by atoms with Gasteiger partial charge in [0.05, 0.1) is 17.8 Å². The average Bonchev–Trinajstić information content (AvgIpc) is 2.83. The summed E-state index contributed by atoms with van der Waals surface area (Å²) in [6.45, 7) is 4.25. The van der Waals surface area contributed by atoms with Gasteiger partial charge in [0, 0.05) is 13.0 Å². The summed E-state index contributed by atoms with van der Waals surface area (Å²) >= 11 is 9.27. The van der Waals surface area contributed by atoms with Crippen LogP contribution in [0.4, 0.5) is 0 Å². The first-order valence-corrected chi connectivity index (χ1v) is 7.57. The Balaban J connectivity index is 2.20. The molecule has 0 saturated heterocycles. The van der Waals surface area contributed by atoms with Crippen LogP contribution in [0.5, 0.6) is 0 Å². The molecule has 1 amide bonds. The van der Waals surface area contributed by atoms with Crippen molar-refractivity contribution in [1.29, 1.82) is 0 Å². The van der Waals surface area contributed by atoms with Gasteiger partial charge < -0.3 is 9.32 Å². The minimum Gasteiger partial charge on any atom is -0.452 e. The van der Waals surface area contributed by atoms with E-state index in [2.05, 4.69) is 25.9 Å². The van der Waals surface area contributed by atoms with Gasteiger partial charge in [-0.2, -0.15) is 0 Å². The first-order valence-electron chi connectivity index (χ1n) is 6.40. The van der Waals surface area contributed by atoms with Crippen LogP contribution in [0, 0.1) is 0 Å². The van der Waals surface area contributed by atoms with E-state index >= 15 is 0 Å². The molecule has 112 valence electrons. The van der Waals surface area contributed by atoms with Crippen LogP contribution in [0.2, 0.25) is 5.02 Å². The van der Waals surface area contributed by atoms with Crippen LogP contribution >= 0.6 is 27.5 Å². The Morgan fingerprint density at radius 3 is 2.76 bits per heavy atom. The zero-order valence-corrected chi connectivity index (χ0v) is 14.3. The highest BCUT2D eigenvalue weighted by Gasteiger charge is 2.20. The van der Waals surface area contributed by atoms with Crippen molar-refractivity contribution in [2.45, 2.75) is 26.3 Å². The Labute approximate surface area is 136 Å². The largest absolute Gasteiger partial charge is 0.452 e. The van der Waals surface area contributed by atoms with E-state index in [-0.39, 0.29) is 22.5 Å². The third-order valence-electron chi connectivity index (χ3n) is 2.85. The molecular formula is C14H15BrClN3O2. The van der Waals surface area contributed by atoms with Gasteiger partial charge in [0.2, 0.25) is 0 Å². The van der Waals surface area contributed by atoms with Crippen molar-refractivity contribution in [2.75, 3.05) is 7.05 Å². The zero-order chi connectivity index (χ0) is 15.6. The second-order valence-corrected chi connectivity index (χ2v) is 6.14. The van der Waals surface area contributed by atoms with Crippen LogP contribution in [-0.2, 0) is 6.54 Å². The molecule has 2 rings (SSSR count). The number of nitrogens with zero attached hydrogens (tertiary/aromatic N) is 3. The van der Waals surface area contributed by atoms with Crippen molar-refractivity contribution in [1.82, 2.24) is 14.9 Å². The lowest BCUT2D eigenvalue weighted by Crippen LogP contribution is -2.27. The molecule has 0 aliphatic rings. The monoisotopic (exact) mass is 371 g/mol. The van der Waals surface area contributed by atoms with Gasteiger partial charge in [0.25, 0.3) is 5.91 Å². The summed E-state index contributed by atoms with van der Waals surface area (Å²) in [6.07, 6.45) is 1.47. The number of halogens is 2. The fourth-order valence-electron chi connectivity index (χ4n) is 1.73. The van der Waals surface area contributed by atoms with Gasteiger partial charge in [-0.1, -0.05) is 25.4 Å². The van der Waals surface area contributed by atoms with Gasteiger partial charge in [-0.15, -0.1) is 0 Å². The van der Waals surface area contributed by atoms with Gasteiger partial charge in [-0.05, 0) is 28.1 Å². The Morgan fingerprint density at radius 1 is 1.48 bits per heavy atom. The number of aromatic nitrogens is 2. The van der Waals surface area contributed by atoms with E-state index in [0.717, 1.165) is 0 Å². The summed E-state index contributed by atoms with van der Waals surface area (Å²) in [6, 6.07) is 3.58. The molecular weight excluding hydrogens is 358 g/mol. The Kier molecular flexibility index (Phi) is 5.00. The van der Waals surface area contributed by atoms with E-state index < -0.39 is 0 Å². The lowest BCUT2D eigenvalue weighted by Gasteiger charge is -2.16. The quantitative estimate of drug-likeness (QED) is 0.817. The first-order chi connectivity index (χ1) is 9.88. The number of hydrogen-bond acceptors (Lipinski definition) is 4. The molecule has 2 heterocycles. The summed E-state index contributed by atoms with van der Waals surface area (Å²) in [5.41, 5.74) is 0.212. The smallest absolute Gasteiger partial charge is 0.274 e. The zero-order valence-electron chi connectivity index (χ0n) is 11.9. The van der Waals surface area contributed by atoms with Gasteiger partial charge in [-0.3, -0.25) is 4.79 Å². The van der Waals surface area contributed by atoms with Crippen LogP contribution in [0.25, 0.3) is 0 Å². The van der Waals surface area contributed by atoms with Crippen molar-refractivity contribution < 1.29 is 9.21 Å². The highest BCUT2D eigenvalue weighted by molar-refractivity contribution is 9.10. The normalized spacial score (nSPS) is 11.0. The number of furan rings is 1. The number of carbonyl (C=O) groups is 1. The molecule has 0 fully saturated rings. The molecule has 0 radical (unpaired) electrons. The van der Waals surface area contributed by atoms with Crippen molar-refractivity contribution in [3.8, 4) is 0 Å². The molecule has 0 spiro atoms. The maximum atomic E-state index is 12.4. The summed E-state index contributed by atoms with van der Waals surface area (Å²) in [7, 11) is 1.67. The van der Waals surface area contributed by atoms with Gasteiger partial charge >= 0.3 is 0 Å². The maximum absolute atomic E-state index is 12.4. The van der Waals surface area contributed by atoms with E-state index in [9.17, 15) is 4.79 Å². The molecule has 0 saturated carbocycles. The van der Waals surface area contributed by atoms with Crippen LogP contribution in [0.15, 0.2) is 27.4 Å². The van der Waals surface area contributed by atoms with Crippen molar-refractivity contribution in [3.63, 3.8) is 0 Å². The molecule has 2 aromatic rings. The van der Waals surface area contributed by atoms with Crippen LogP contribution < -0.4 is 0 Å². The Hall–Kier alpha value is -1.40.